The summed E-state index contributed by atoms with van der Waals surface area (Å²) in [4.78, 5) is 12.5. The third-order valence-electron chi connectivity index (χ3n) is 3.42. The summed E-state index contributed by atoms with van der Waals surface area (Å²) in [5, 5.41) is 10.9. The highest BCUT2D eigenvalue weighted by atomic mass is 19.4. The summed E-state index contributed by atoms with van der Waals surface area (Å²) < 4.78 is 41.4. The van der Waals surface area contributed by atoms with Crippen molar-refractivity contribution < 1.29 is 18.1 Å². The van der Waals surface area contributed by atoms with Crippen LogP contribution in [0.1, 0.15) is 16.8 Å². The number of halogens is 3. The van der Waals surface area contributed by atoms with E-state index in [1.54, 1.807) is 13.0 Å². The molecule has 1 heterocycles. The molecule has 2 rings (SSSR count). The number of nitro groups is 1. The minimum Gasteiger partial charge on any atom is -0.364 e. The largest absolute Gasteiger partial charge is 0.410 e. The van der Waals surface area contributed by atoms with Crippen LogP contribution in [0.5, 0.6) is 0 Å². The molecule has 0 aliphatic rings. The number of benzene rings is 1. The standard InChI is InChI=1S/C14H13F3N2O2/c1-10-4-2-5-11(8-10)13(9-19(20)21,14(15,16)17)12-6-3-7-18-12/h2-8,18H,9H2,1H3/t13-/m0/s1. The monoisotopic (exact) mass is 298 g/mol. The Labute approximate surface area is 118 Å². The van der Waals surface area contributed by atoms with Crippen molar-refractivity contribution in [1.29, 1.82) is 0 Å². The zero-order chi connectivity index (χ0) is 15.7. The molecule has 112 valence electrons. The maximum Gasteiger partial charge on any atom is 0.410 e. The van der Waals surface area contributed by atoms with Crippen LogP contribution in [0.3, 0.4) is 0 Å². The minimum atomic E-state index is -4.81. The van der Waals surface area contributed by atoms with Crippen LogP contribution in [0.15, 0.2) is 42.6 Å². The number of aromatic amines is 1. The lowest BCUT2D eigenvalue weighted by atomic mass is 9.76. The normalized spacial score (nSPS) is 14.7. The van der Waals surface area contributed by atoms with E-state index in [1.807, 2.05) is 0 Å². The van der Waals surface area contributed by atoms with Crippen molar-refractivity contribution >= 4 is 0 Å². The number of nitrogens with one attached hydrogen (secondary N) is 1. The molecular weight excluding hydrogens is 285 g/mol. The summed E-state index contributed by atoms with van der Waals surface area (Å²) in [5.74, 6) is 0. The fourth-order valence-corrected chi connectivity index (χ4v) is 2.44. The van der Waals surface area contributed by atoms with Crippen molar-refractivity contribution in [3.05, 3.63) is 69.5 Å². The quantitative estimate of drug-likeness (QED) is 0.694. The van der Waals surface area contributed by atoms with Gasteiger partial charge >= 0.3 is 6.18 Å². The molecule has 0 fully saturated rings. The van der Waals surface area contributed by atoms with E-state index in [-0.39, 0.29) is 11.3 Å². The van der Waals surface area contributed by atoms with Crippen molar-refractivity contribution in [2.24, 2.45) is 0 Å². The minimum absolute atomic E-state index is 0.144. The highest BCUT2D eigenvalue weighted by Gasteiger charge is 2.61. The first-order chi connectivity index (χ1) is 9.77. The van der Waals surface area contributed by atoms with Gasteiger partial charge in [0.25, 0.3) is 0 Å². The fourth-order valence-electron chi connectivity index (χ4n) is 2.44. The first-order valence-corrected chi connectivity index (χ1v) is 6.17. The summed E-state index contributed by atoms with van der Waals surface area (Å²) in [7, 11) is 0. The Morgan fingerprint density at radius 1 is 1.24 bits per heavy atom. The van der Waals surface area contributed by atoms with Gasteiger partial charge in [-0.3, -0.25) is 10.1 Å². The van der Waals surface area contributed by atoms with E-state index in [4.69, 9.17) is 0 Å². The molecule has 1 atom stereocenters. The van der Waals surface area contributed by atoms with Gasteiger partial charge in [0.1, 0.15) is 0 Å². The second-order valence-corrected chi connectivity index (χ2v) is 4.85. The average molecular weight is 298 g/mol. The van der Waals surface area contributed by atoms with Crippen molar-refractivity contribution in [2.75, 3.05) is 6.54 Å². The molecule has 7 heteroatoms. The van der Waals surface area contributed by atoms with Gasteiger partial charge in [0.15, 0.2) is 5.41 Å². The number of rotatable bonds is 4. The van der Waals surface area contributed by atoms with Crippen LogP contribution in [-0.4, -0.2) is 22.6 Å². The summed E-state index contributed by atoms with van der Waals surface area (Å²) in [6.45, 7) is 0.381. The van der Waals surface area contributed by atoms with Gasteiger partial charge in [0.05, 0.1) is 0 Å². The van der Waals surface area contributed by atoms with E-state index in [1.165, 1.54) is 36.5 Å². The number of nitrogens with zero attached hydrogens (tertiary/aromatic N) is 1. The lowest BCUT2D eigenvalue weighted by Gasteiger charge is -2.32. The molecule has 21 heavy (non-hydrogen) atoms. The van der Waals surface area contributed by atoms with E-state index < -0.39 is 23.1 Å². The molecule has 0 saturated carbocycles. The molecule has 0 spiro atoms. The Hall–Kier alpha value is -2.31. The predicted octanol–water partition coefficient (Wildman–Crippen LogP) is 3.45. The van der Waals surface area contributed by atoms with E-state index in [9.17, 15) is 23.3 Å². The molecule has 0 amide bonds. The third-order valence-corrected chi connectivity index (χ3v) is 3.42. The lowest BCUT2D eigenvalue weighted by molar-refractivity contribution is -0.498. The van der Waals surface area contributed by atoms with Crippen LogP contribution in [-0.2, 0) is 5.41 Å². The van der Waals surface area contributed by atoms with Crippen LogP contribution < -0.4 is 0 Å². The Bertz CT molecular complexity index is 638. The van der Waals surface area contributed by atoms with E-state index >= 15 is 0 Å². The van der Waals surface area contributed by atoms with E-state index in [0.29, 0.717) is 5.56 Å². The number of H-pyrrole nitrogens is 1. The lowest BCUT2D eigenvalue weighted by Crippen LogP contribution is -2.49. The SMILES string of the molecule is Cc1cccc([C@@](C[N+](=O)[O-])(c2ccc[nH]2)C(F)(F)F)c1. The van der Waals surface area contributed by atoms with Crippen molar-refractivity contribution in [2.45, 2.75) is 18.5 Å². The van der Waals surface area contributed by atoms with E-state index in [2.05, 4.69) is 4.98 Å². The third kappa shape index (κ3) is 2.63. The Kier molecular flexibility index (Phi) is 3.76. The van der Waals surface area contributed by atoms with Crippen molar-refractivity contribution in [1.82, 2.24) is 4.98 Å². The Morgan fingerprint density at radius 3 is 2.43 bits per heavy atom. The average Bonchev–Trinajstić information content (AvgIpc) is 2.88. The van der Waals surface area contributed by atoms with Crippen molar-refractivity contribution in [3.63, 3.8) is 0 Å². The molecule has 0 bridgehead atoms. The summed E-state index contributed by atoms with van der Waals surface area (Å²) in [6, 6.07) is 8.33. The first kappa shape index (κ1) is 15.1. The summed E-state index contributed by atoms with van der Waals surface area (Å²) >= 11 is 0. The molecule has 0 aliphatic carbocycles. The Morgan fingerprint density at radius 2 is 1.95 bits per heavy atom. The van der Waals surface area contributed by atoms with Crippen LogP contribution in [0.4, 0.5) is 13.2 Å². The maximum absolute atomic E-state index is 13.8. The number of alkyl halides is 3. The fraction of sp³-hybridized carbons (Fsp3) is 0.286. The number of aromatic nitrogens is 1. The Balaban J connectivity index is 2.75. The second-order valence-electron chi connectivity index (χ2n) is 4.85. The number of hydrogen-bond donors (Lipinski definition) is 1. The van der Waals surface area contributed by atoms with Crippen LogP contribution >= 0.6 is 0 Å². The summed E-state index contributed by atoms with van der Waals surface area (Å²) in [6.07, 6.45) is -3.48. The van der Waals surface area contributed by atoms with Gasteiger partial charge in [-0.25, -0.2) is 0 Å². The van der Waals surface area contributed by atoms with E-state index in [0.717, 1.165) is 0 Å². The zero-order valence-electron chi connectivity index (χ0n) is 11.1. The first-order valence-electron chi connectivity index (χ1n) is 6.17. The molecule has 0 aliphatic heterocycles. The molecule has 1 aromatic carbocycles. The van der Waals surface area contributed by atoms with Gasteiger partial charge in [-0.15, -0.1) is 0 Å². The molecular formula is C14H13F3N2O2. The van der Waals surface area contributed by atoms with Crippen molar-refractivity contribution in [3.8, 4) is 0 Å². The zero-order valence-corrected chi connectivity index (χ0v) is 11.1. The highest BCUT2D eigenvalue weighted by molar-refractivity contribution is 5.40. The number of aryl methyl sites for hydroxylation is 1. The molecule has 1 aromatic heterocycles. The molecule has 1 N–H and O–H groups in total. The second kappa shape index (κ2) is 5.23. The van der Waals surface area contributed by atoms with Crippen LogP contribution in [0.25, 0.3) is 0 Å². The van der Waals surface area contributed by atoms with Crippen LogP contribution in [0, 0.1) is 17.0 Å². The predicted molar refractivity (Wildman–Crippen MR) is 70.7 cm³/mol. The van der Waals surface area contributed by atoms with Gasteiger partial charge in [0.2, 0.25) is 6.54 Å². The van der Waals surface area contributed by atoms with Gasteiger partial charge < -0.3 is 4.98 Å². The molecule has 2 aromatic rings. The molecule has 4 nitrogen and oxygen atoms in total. The smallest absolute Gasteiger partial charge is 0.364 e. The molecule has 0 saturated heterocycles. The highest BCUT2D eigenvalue weighted by Crippen LogP contribution is 2.46. The number of hydrogen-bond acceptors (Lipinski definition) is 2. The van der Waals surface area contributed by atoms with Gasteiger partial charge in [-0.1, -0.05) is 29.8 Å². The van der Waals surface area contributed by atoms with Crippen LogP contribution in [0.2, 0.25) is 0 Å². The van der Waals surface area contributed by atoms with Gasteiger partial charge in [-0.2, -0.15) is 13.2 Å². The molecule has 0 radical (unpaired) electrons. The summed E-state index contributed by atoms with van der Waals surface area (Å²) in [5.41, 5.74) is -2.46. The maximum atomic E-state index is 13.8. The van der Waals surface area contributed by atoms with Gasteiger partial charge in [-0.05, 0) is 24.6 Å². The topological polar surface area (TPSA) is 58.9 Å². The van der Waals surface area contributed by atoms with Gasteiger partial charge in [0, 0.05) is 16.8 Å². The molecule has 0 unspecified atom stereocenters.